The highest BCUT2D eigenvalue weighted by Gasteiger charge is 2.53. The third-order valence-electron chi connectivity index (χ3n) is 4.74. The number of nitrogens with zero attached hydrogens (tertiary/aromatic N) is 3. The molecule has 1 aromatic heterocycles. The lowest BCUT2D eigenvalue weighted by atomic mass is 10.1. The van der Waals surface area contributed by atoms with Crippen molar-refractivity contribution in [1.82, 2.24) is 9.78 Å². The van der Waals surface area contributed by atoms with Gasteiger partial charge in [-0.3, -0.25) is 9.69 Å². The van der Waals surface area contributed by atoms with Gasteiger partial charge in [0.05, 0.1) is 6.54 Å². The van der Waals surface area contributed by atoms with E-state index in [4.69, 9.17) is 4.74 Å². The minimum Gasteiger partial charge on any atom is -0.480 e. The van der Waals surface area contributed by atoms with E-state index in [-0.39, 0.29) is 11.5 Å². The van der Waals surface area contributed by atoms with Gasteiger partial charge >= 0.3 is 0 Å². The topological polar surface area (TPSA) is 47.4 Å². The Balaban J connectivity index is 1.80. The summed E-state index contributed by atoms with van der Waals surface area (Å²) < 4.78 is 9.73. The number of aromatic nitrogens is 2. The normalized spacial score (nSPS) is 17.6. The summed E-state index contributed by atoms with van der Waals surface area (Å²) in [7, 11) is 1.85. The van der Waals surface area contributed by atoms with Crippen LogP contribution in [0.1, 0.15) is 34.5 Å². The Kier molecular flexibility index (Phi) is 3.58. The van der Waals surface area contributed by atoms with Crippen LogP contribution in [0.4, 0.5) is 5.82 Å². The van der Waals surface area contributed by atoms with Gasteiger partial charge in [0.25, 0.3) is 5.91 Å². The van der Waals surface area contributed by atoms with Crippen molar-refractivity contribution in [2.24, 2.45) is 7.05 Å². The molecule has 126 valence electrons. The lowest BCUT2D eigenvalue weighted by Crippen LogP contribution is -2.45. The van der Waals surface area contributed by atoms with Gasteiger partial charge in [-0.2, -0.15) is 5.10 Å². The molecule has 1 aliphatic carbocycles. The second-order valence-corrected chi connectivity index (χ2v) is 8.31. The van der Waals surface area contributed by atoms with Crippen molar-refractivity contribution >= 4 is 43.6 Å². The zero-order valence-corrected chi connectivity index (χ0v) is 16.9. The number of aryl methyl sites for hydroxylation is 2. The second-order valence-electron chi connectivity index (χ2n) is 6.60. The average Bonchev–Trinajstić information content (AvgIpc) is 3.21. The van der Waals surface area contributed by atoms with Gasteiger partial charge in [0.2, 0.25) is 0 Å². The van der Waals surface area contributed by atoms with Crippen molar-refractivity contribution in [3.8, 4) is 5.75 Å². The van der Waals surface area contributed by atoms with Gasteiger partial charge in [0.15, 0.2) is 11.6 Å². The number of amides is 1. The van der Waals surface area contributed by atoms with Crippen LogP contribution in [0.25, 0.3) is 0 Å². The van der Waals surface area contributed by atoms with E-state index >= 15 is 0 Å². The van der Waals surface area contributed by atoms with Crippen LogP contribution in [0, 0.1) is 13.8 Å². The van der Waals surface area contributed by atoms with Gasteiger partial charge in [-0.15, -0.1) is 0 Å². The number of benzene rings is 1. The maximum absolute atomic E-state index is 13.2. The van der Waals surface area contributed by atoms with Crippen LogP contribution < -0.4 is 9.64 Å². The smallest absolute Gasteiger partial charge is 0.259 e. The van der Waals surface area contributed by atoms with Crippen molar-refractivity contribution in [2.45, 2.75) is 32.3 Å². The third kappa shape index (κ3) is 2.40. The molecule has 0 N–H and O–H groups in total. The summed E-state index contributed by atoms with van der Waals surface area (Å²) in [6.07, 6.45) is 1.96. The molecule has 2 aliphatic rings. The Morgan fingerprint density at radius 3 is 2.46 bits per heavy atom. The quantitative estimate of drug-likeness (QED) is 0.650. The van der Waals surface area contributed by atoms with Crippen LogP contribution in [-0.2, 0) is 7.05 Å². The minimum absolute atomic E-state index is 0.0322. The molecule has 24 heavy (non-hydrogen) atoms. The van der Waals surface area contributed by atoms with E-state index in [2.05, 4.69) is 37.0 Å². The van der Waals surface area contributed by atoms with Crippen molar-refractivity contribution in [2.75, 3.05) is 11.4 Å². The Labute approximate surface area is 157 Å². The van der Waals surface area contributed by atoms with Crippen molar-refractivity contribution < 1.29 is 9.53 Å². The summed E-state index contributed by atoms with van der Waals surface area (Å²) in [4.78, 5) is 15.1. The third-order valence-corrected chi connectivity index (χ3v) is 6.39. The first-order valence-electron chi connectivity index (χ1n) is 7.81. The predicted molar refractivity (Wildman–Crippen MR) is 98.8 cm³/mol. The first-order valence-corrected chi connectivity index (χ1v) is 9.40. The molecule has 1 aliphatic heterocycles. The number of carbonyl (C=O) groups is 1. The standard InChI is InChI=1S/C17H17Br2N3O2/c1-9-12(18)6-11(7-13(9)19)16(23)22-8-17(4-5-17)24-14-10(2)20-21(3)15(14)22/h6-7H,4-5,8H2,1-3H3. The van der Waals surface area contributed by atoms with Gasteiger partial charge in [-0.1, -0.05) is 31.9 Å². The van der Waals surface area contributed by atoms with Crippen LogP contribution in [0.3, 0.4) is 0 Å². The molecule has 1 aromatic carbocycles. The molecule has 0 saturated heterocycles. The zero-order chi connectivity index (χ0) is 17.2. The van der Waals surface area contributed by atoms with Gasteiger partial charge in [0, 0.05) is 21.6 Å². The predicted octanol–water partition coefficient (Wildman–Crippen LogP) is 4.13. The number of hydrogen-bond acceptors (Lipinski definition) is 3. The summed E-state index contributed by atoms with van der Waals surface area (Å²) >= 11 is 7.06. The summed E-state index contributed by atoms with van der Waals surface area (Å²) in [6.45, 7) is 4.49. The Morgan fingerprint density at radius 2 is 1.88 bits per heavy atom. The van der Waals surface area contributed by atoms with Crippen LogP contribution in [-0.4, -0.2) is 27.8 Å². The minimum atomic E-state index is -0.227. The van der Waals surface area contributed by atoms with Gasteiger partial charge in [-0.05, 0) is 44.4 Å². The number of rotatable bonds is 1. The molecule has 1 spiro atoms. The first-order chi connectivity index (χ1) is 11.3. The van der Waals surface area contributed by atoms with Crippen LogP contribution in [0.15, 0.2) is 21.1 Å². The van der Waals surface area contributed by atoms with E-state index in [1.54, 1.807) is 4.68 Å². The molecule has 0 unspecified atom stereocenters. The largest absolute Gasteiger partial charge is 0.480 e. The second kappa shape index (κ2) is 5.33. The first kappa shape index (κ1) is 16.1. The van der Waals surface area contributed by atoms with Gasteiger partial charge in [-0.25, -0.2) is 4.68 Å². The van der Waals surface area contributed by atoms with E-state index in [1.165, 1.54) is 0 Å². The molecule has 2 heterocycles. The fourth-order valence-corrected chi connectivity index (χ4v) is 4.33. The Hall–Kier alpha value is -1.34. The van der Waals surface area contributed by atoms with E-state index in [0.29, 0.717) is 12.1 Å². The van der Waals surface area contributed by atoms with E-state index in [0.717, 1.165) is 44.6 Å². The van der Waals surface area contributed by atoms with Crippen LogP contribution in [0.5, 0.6) is 5.75 Å². The highest BCUT2D eigenvalue weighted by molar-refractivity contribution is 9.11. The fraction of sp³-hybridized carbons (Fsp3) is 0.412. The maximum atomic E-state index is 13.2. The number of halogens is 2. The molecule has 0 bridgehead atoms. The number of ether oxygens (including phenoxy) is 1. The summed E-state index contributed by atoms with van der Waals surface area (Å²) in [5.74, 6) is 1.44. The van der Waals surface area contributed by atoms with Crippen molar-refractivity contribution in [3.63, 3.8) is 0 Å². The molecule has 1 fully saturated rings. The van der Waals surface area contributed by atoms with E-state index in [1.807, 2.05) is 37.9 Å². The van der Waals surface area contributed by atoms with E-state index in [9.17, 15) is 4.79 Å². The molecule has 1 saturated carbocycles. The molecule has 1 amide bonds. The number of carbonyl (C=O) groups excluding carboxylic acids is 1. The summed E-state index contributed by atoms with van der Waals surface area (Å²) in [5.41, 5.74) is 2.31. The monoisotopic (exact) mass is 453 g/mol. The number of fused-ring (bicyclic) bond motifs is 1. The molecule has 0 radical (unpaired) electrons. The van der Waals surface area contributed by atoms with Crippen molar-refractivity contribution in [1.29, 1.82) is 0 Å². The highest BCUT2D eigenvalue weighted by Crippen LogP contribution is 2.49. The number of anilines is 1. The molecule has 7 heteroatoms. The van der Waals surface area contributed by atoms with E-state index < -0.39 is 0 Å². The lowest BCUT2D eigenvalue weighted by Gasteiger charge is -2.34. The molecule has 5 nitrogen and oxygen atoms in total. The lowest BCUT2D eigenvalue weighted by molar-refractivity contribution is 0.0940. The molecular formula is C17H17Br2N3O2. The fourth-order valence-electron chi connectivity index (χ4n) is 3.15. The van der Waals surface area contributed by atoms with Crippen LogP contribution in [0.2, 0.25) is 0 Å². The van der Waals surface area contributed by atoms with Crippen molar-refractivity contribution in [3.05, 3.63) is 37.9 Å². The Morgan fingerprint density at radius 1 is 1.25 bits per heavy atom. The molecule has 2 aromatic rings. The highest BCUT2D eigenvalue weighted by atomic mass is 79.9. The number of hydrogen-bond donors (Lipinski definition) is 0. The molecular weight excluding hydrogens is 438 g/mol. The van der Waals surface area contributed by atoms with Gasteiger partial charge in [0.1, 0.15) is 11.3 Å². The Bertz CT molecular complexity index is 848. The maximum Gasteiger partial charge on any atom is 0.259 e. The van der Waals surface area contributed by atoms with Crippen LogP contribution >= 0.6 is 31.9 Å². The zero-order valence-electron chi connectivity index (χ0n) is 13.7. The molecule has 4 rings (SSSR count). The summed E-state index contributed by atoms with van der Waals surface area (Å²) in [6, 6.07) is 3.75. The average molecular weight is 455 g/mol. The molecule has 0 atom stereocenters. The van der Waals surface area contributed by atoms with Gasteiger partial charge < -0.3 is 4.74 Å². The summed E-state index contributed by atoms with van der Waals surface area (Å²) in [5, 5.41) is 4.44. The SMILES string of the molecule is Cc1nn(C)c2c1OC1(CC1)CN2C(=O)c1cc(Br)c(C)c(Br)c1.